The molecule has 1 N–H and O–H groups in total. The third-order valence-corrected chi connectivity index (χ3v) is 8.76. The van der Waals surface area contributed by atoms with Crippen molar-refractivity contribution in [2.75, 3.05) is 10.8 Å². The number of hydrogen-bond acceptors (Lipinski definition) is 4. The standard InChI is InChI=1S/C30H34Cl2FN3O4S/c1-6-27(29(38)34-30(3,4)5)35(18-21-9-11-22(33)12-10-21)28(37)19-36(23-13-16-25(31)26(32)17-23)41(39,40)24-14-7-20(2)8-15-24/h7-17,27H,6,18-19H2,1-5H3,(H,34,38). The molecule has 1 atom stereocenters. The lowest BCUT2D eigenvalue weighted by Crippen LogP contribution is -2.55. The fraction of sp³-hybridized carbons (Fsp3) is 0.333. The summed E-state index contributed by atoms with van der Waals surface area (Å²) < 4.78 is 42.4. The predicted octanol–water partition coefficient (Wildman–Crippen LogP) is 6.36. The number of halogens is 3. The lowest BCUT2D eigenvalue weighted by atomic mass is 10.1. The molecule has 0 aliphatic carbocycles. The Bertz CT molecular complexity index is 1490. The first-order valence-corrected chi connectivity index (χ1v) is 15.2. The van der Waals surface area contributed by atoms with Crippen LogP contribution in [0.25, 0.3) is 0 Å². The number of anilines is 1. The zero-order valence-corrected chi connectivity index (χ0v) is 25.9. The Balaban J connectivity index is 2.09. The second-order valence-electron chi connectivity index (χ2n) is 10.7. The number of hydrogen-bond donors (Lipinski definition) is 1. The highest BCUT2D eigenvalue weighted by atomic mass is 35.5. The first-order valence-electron chi connectivity index (χ1n) is 13.0. The van der Waals surface area contributed by atoms with Crippen molar-refractivity contribution in [2.45, 2.75) is 64.1 Å². The summed E-state index contributed by atoms with van der Waals surface area (Å²) in [7, 11) is -4.26. The van der Waals surface area contributed by atoms with E-state index in [1.54, 1.807) is 19.1 Å². The second-order valence-corrected chi connectivity index (χ2v) is 13.4. The monoisotopic (exact) mass is 621 g/mol. The molecular formula is C30H34Cl2FN3O4S. The van der Waals surface area contributed by atoms with Gasteiger partial charge in [0, 0.05) is 12.1 Å². The molecule has 0 radical (unpaired) electrons. The van der Waals surface area contributed by atoms with E-state index in [1.165, 1.54) is 59.5 Å². The molecule has 0 saturated heterocycles. The van der Waals surface area contributed by atoms with E-state index >= 15 is 0 Å². The molecule has 0 aromatic heterocycles. The number of nitrogens with one attached hydrogen (secondary N) is 1. The maximum absolute atomic E-state index is 14.1. The molecule has 0 aliphatic heterocycles. The van der Waals surface area contributed by atoms with Crippen molar-refractivity contribution in [2.24, 2.45) is 0 Å². The Morgan fingerprint density at radius 2 is 1.56 bits per heavy atom. The number of sulfonamides is 1. The molecule has 3 rings (SSSR count). The van der Waals surface area contributed by atoms with Gasteiger partial charge in [0.2, 0.25) is 11.8 Å². The van der Waals surface area contributed by atoms with Crippen LogP contribution in [0.5, 0.6) is 0 Å². The molecule has 1 unspecified atom stereocenters. The van der Waals surface area contributed by atoms with Crippen molar-refractivity contribution in [3.05, 3.63) is 93.7 Å². The van der Waals surface area contributed by atoms with E-state index in [1.807, 2.05) is 27.7 Å². The van der Waals surface area contributed by atoms with E-state index in [0.29, 0.717) is 5.56 Å². The third-order valence-electron chi connectivity index (χ3n) is 6.23. The van der Waals surface area contributed by atoms with Gasteiger partial charge in [0.1, 0.15) is 18.4 Å². The highest BCUT2D eigenvalue weighted by Gasteiger charge is 2.34. The van der Waals surface area contributed by atoms with Gasteiger partial charge >= 0.3 is 0 Å². The lowest BCUT2D eigenvalue weighted by molar-refractivity contribution is -0.141. The zero-order chi connectivity index (χ0) is 30.5. The summed E-state index contributed by atoms with van der Waals surface area (Å²) in [5.41, 5.74) is 0.990. The number of benzene rings is 3. The molecule has 0 aliphatic rings. The van der Waals surface area contributed by atoms with Crippen LogP contribution in [0.4, 0.5) is 10.1 Å². The first-order chi connectivity index (χ1) is 19.1. The van der Waals surface area contributed by atoms with Crippen molar-refractivity contribution >= 4 is 50.7 Å². The van der Waals surface area contributed by atoms with E-state index < -0.39 is 45.8 Å². The Labute approximate surface area is 251 Å². The van der Waals surface area contributed by atoms with E-state index in [0.717, 1.165) is 9.87 Å². The summed E-state index contributed by atoms with van der Waals surface area (Å²) >= 11 is 12.3. The molecule has 11 heteroatoms. The van der Waals surface area contributed by atoms with Crippen LogP contribution in [0, 0.1) is 12.7 Å². The van der Waals surface area contributed by atoms with E-state index in [9.17, 15) is 22.4 Å². The van der Waals surface area contributed by atoms with Crippen LogP contribution in [0.3, 0.4) is 0 Å². The van der Waals surface area contributed by atoms with Crippen LogP contribution < -0.4 is 9.62 Å². The molecule has 3 aromatic carbocycles. The number of nitrogens with zero attached hydrogens (tertiary/aromatic N) is 2. The molecule has 0 heterocycles. The molecule has 41 heavy (non-hydrogen) atoms. The average Bonchev–Trinajstić information content (AvgIpc) is 2.89. The third kappa shape index (κ3) is 8.44. The lowest BCUT2D eigenvalue weighted by Gasteiger charge is -2.34. The Hall–Kier alpha value is -3.14. The van der Waals surface area contributed by atoms with E-state index in [4.69, 9.17) is 23.2 Å². The summed E-state index contributed by atoms with van der Waals surface area (Å²) in [5, 5.41) is 3.23. The van der Waals surface area contributed by atoms with Gasteiger partial charge in [-0.25, -0.2) is 12.8 Å². The van der Waals surface area contributed by atoms with Crippen molar-refractivity contribution in [1.29, 1.82) is 0 Å². The van der Waals surface area contributed by atoms with Crippen LogP contribution in [-0.2, 0) is 26.2 Å². The second kappa shape index (κ2) is 13.2. The van der Waals surface area contributed by atoms with Crippen LogP contribution in [-0.4, -0.2) is 43.3 Å². The summed E-state index contributed by atoms with van der Waals surface area (Å²) in [6.07, 6.45) is 0.256. The minimum absolute atomic E-state index is 0.0235. The topological polar surface area (TPSA) is 86.8 Å². The van der Waals surface area contributed by atoms with Crippen molar-refractivity contribution in [3.63, 3.8) is 0 Å². The highest BCUT2D eigenvalue weighted by Crippen LogP contribution is 2.31. The van der Waals surface area contributed by atoms with Gasteiger partial charge in [0.25, 0.3) is 10.0 Å². The number of rotatable bonds is 10. The quantitative estimate of drug-likeness (QED) is 0.285. The number of amides is 2. The summed E-state index contributed by atoms with van der Waals surface area (Å²) in [6, 6.07) is 15.2. The SMILES string of the molecule is CCC(C(=O)NC(C)(C)C)N(Cc1ccc(F)cc1)C(=O)CN(c1ccc(Cl)c(Cl)c1)S(=O)(=O)c1ccc(C)cc1. The van der Waals surface area contributed by atoms with Crippen molar-refractivity contribution in [1.82, 2.24) is 10.2 Å². The maximum Gasteiger partial charge on any atom is 0.264 e. The summed E-state index contributed by atoms with van der Waals surface area (Å²) in [6.45, 7) is 8.39. The van der Waals surface area contributed by atoms with Crippen LogP contribution in [0.2, 0.25) is 10.0 Å². The molecule has 7 nitrogen and oxygen atoms in total. The normalized spacial score (nSPS) is 12.5. The minimum Gasteiger partial charge on any atom is -0.350 e. The molecule has 220 valence electrons. The van der Waals surface area contributed by atoms with E-state index in [-0.39, 0.29) is 33.6 Å². The van der Waals surface area contributed by atoms with Gasteiger partial charge in [-0.1, -0.05) is 60.0 Å². The largest absolute Gasteiger partial charge is 0.350 e. The fourth-order valence-corrected chi connectivity index (χ4v) is 5.86. The smallest absolute Gasteiger partial charge is 0.264 e. The first kappa shape index (κ1) is 32.4. The van der Waals surface area contributed by atoms with E-state index in [2.05, 4.69) is 5.32 Å². The molecule has 3 aromatic rings. The number of carbonyl (C=O) groups is 2. The van der Waals surface area contributed by atoms with Gasteiger partial charge in [0.15, 0.2) is 0 Å². The van der Waals surface area contributed by atoms with Gasteiger partial charge in [-0.05, 0) is 82.1 Å². The average molecular weight is 623 g/mol. The minimum atomic E-state index is -4.26. The summed E-state index contributed by atoms with van der Waals surface area (Å²) in [5.74, 6) is -1.47. The van der Waals surface area contributed by atoms with Gasteiger partial charge in [-0.3, -0.25) is 13.9 Å². The zero-order valence-electron chi connectivity index (χ0n) is 23.6. The Morgan fingerprint density at radius 1 is 0.951 bits per heavy atom. The molecule has 2 amide bonds. The van der Waals surface area contributed by atoms with Crippen LogP contribution in [0.15, 0.2) is 71.6 Å². The Morgan fingerprint density at radius 3 is 2.10 bits per heavy atom. The van der Waals surface area contributed by atoms with Crippen LogP contribution >= 0.6 is 23.2 Å². The van der Waals surface area contributed by atoms with Gasteiger partial charge in [-0.2, -0.15) is 0 Å². The molecule has 0 bridgehead atoms. The van der Waals surface area contributed by atoms with Gasteiger partial charge < -0.3 is 10.2 Å². The van der Waals surface area contributed by atoms with Crippen LogP contribution in [0.1, 0.15) is 45.2 Å². The van der Waals surface area contributed by atoms with Crippen molar-refractivity contribution in [3.8, 4) is 0 Å². The number of carbonyl (C=O) groups excluding carboxylic acids is 2. The maximum atomic E-state index is 14.1. The predicted molar refractivity (Wildman–Crippen MR) is 161 cm³/mol. The molecular weight excluding hydrogens is 588 g/mol. The fourth-order valence-electron chi connectivity index (χ4n) is 4.17. The molecule has 0 saturated carbocycles. The van der Waals surface area contributed by atoms with Gasteiger partial charge in [0.05, 0.1) is 20.6 Å². The highest BCUT2D eigenvalue weighted by molar-refractivity contribution is 7.92. The Kier molecular flexibility index (Phi) is 10.4. The molecule has 0 spiro atoms. The summed E-state index contributed by atoms with van der Waals surface area (Å²) in [4.78, 5) is 28.7. The van der Waals surface area contributed by atoms with Crippen molar-refractivity contribution < 1.29 is 22.4 Å². The van der Waals surface area contributed by atoms with Gasteiger partial charge in [-0.15, -0.1) is 0 Å². The molecule has 0 fully saturated rings. The number of aryl methyl sites for hydroxylation is 1.